The zero-order valence-corrected chi connectivity index (χ0v) is 6.63. The van der Waals surface area contributed by atoms with E-state index in [4.69, 9.17) is 0 Å². The van der Waals surface area contributed by atoms with Crippen molar-refractivity contribution in [1.29, 1.82) is 0 Å². The fourth-order valence-electron chi connectivity index (χ4n) is 0.788. The number of nitrogens with one attached hydrogen (secondary N) is 2. The first kappa shape index (κ1) is 8.45. The number of H-pyrrole nitrogens is 1. The lowest BCUT2D eigenvalue weighted by atomic mass is 10.3. The van der Waals surface area contributed by atoms with Crippen molar-refractivity contribution in [2.24, 2.45) is 0 Å². The van der Waals surface area contributed by atoms with Crippen LogP contribution in [0.5, 0.6) is 0 Å². The van der Waals surface area contributed by atoms with Gasteiger partial charge in [-0.15, -0.1) is 0 Å². The normalized spacial score (nSPS) is 9.42. The van der Waals surface area contributed by atoms with Gasteiger partial charge in [-0.05, 0) is 6.92 Å². The highest BCUT2D eigenvalue weighted by molar-refractivity contribution is 5.46. The standard InChI is InChI=1S/C7H9N3O2/c1-5-9-3-6(2-8-4-11)7(12)10-5/h3-4H,2H2,1H3,(H,8,11)(H,9,10,12). The molecule has 1 aromatic heterocycles. The summed E-state index contributed by atoms with van der Waals surface area (Å²) in [6, 6.07) is 0. The van der Waals surface area contributed by atoms with Crippen LogP contribution >= 0.6 is 0 Å². The van der Waals surface area contributed by atoms with Crippen molar-refractivity contribution in [1.82, 2.24) is 15.3 Å². The maximum atomic E-state index is 11.1. The van der Waals surface area contributed by atoms with E-state index in [0.29, 0.717) is 17.8 Å². The Balaban J connectivity index is 2.86. The third-order valence-electron chi connectivity index (χ3n) is 1.38. The van der Waals surface area contributed by atoms with Crippen molar-refractivity contribution in [3.63, 3.8) is 0 Å². The van der Waals surface area contributed by atoms with E-state index in [1.54, 1.807) is 6.92 Å². The number of nitrogens with zero attached hydrogens (tertiary/aromatic N) is 1. The van der Waals surface area contributed by atoms with Crippen LogP contribution in [0.1, 0.15) is 11.4 Å². The van der Waals surface area contributed by atoms with Crippen LogP contribution in [-0.2, 0) is 11.3 Å². The predicted molar refractivity (Wildman–Crippen MR) is 42.5 cm³/mol. The first-order chi connectivity index (χ1) is 5.74. The molecule has 0 atom stereocenters. The smallest absolute Gasteiger partial charge is 0.255 e. The predicted octanol–water partition coefficient (Wildman–Crippen LogP) is -0.676. The average molecular weight is 167 g/mol. The molecule has 5 nitrogen and oxygen atoms in total. The van der Waals surface area contributed by atoms with E-state index in [0.717, 1.165) is 0 Å². The van der Waals surface area contributed by atoms with Gasteiger partial charge in [0.05, 0.1) is 5.56 Å². The number of hydrogen-bond donors (Lipinski definition) is 2. The molecule has 0 aliphatic heterocycles. The van der Waals surface area contributed by atoms with Crippen LogP contribution in [0.25, 0.3) is 0 Å². The number of carbonyl (C=O) groups is 1. The summed E-state index contributed by atoms with van der Waals surface area (Å²) in [6.45, 7) is 1.91. The van der Waals surface area contributed by atoms with Crippen LogP contribution in [-0.4, -0.2) is 16.4 Å². The summed E-state index contributed by atoms with van der Waals surface area (Å²) in [5.41, 5.74) is 0.240. The minimum Gasteiger partial charge on any atom is -0.354 e. The monoisotopic (exact) mass is 167 g/mol. The molecule has 1 aromatic rings. The molecule has 1 heterocycles. The van der Waals surface area contributed by atoms with Crippen molar-refractivity contribution < 1.29 is 4.79 Å². The van der Waals surface area contributed by atoms with Gasteiger partial charge in [0, 0.05) is 12.7 Å². The molecular formula is C7H9N3O2. The molecule has 12 heavy (non-hydrogen) atoms. The largest absolute Gasteiger partial charge is 0.354 e. The van der Waals surface area contributed by atoms with Crippen LogP contribution < -0.4 is 10.9 Å². The van der Waals surface area contributed by atoms with Gasteiger partial charge in [-0.1, -0.05) is 0 Å². The summed E-state index contributed by atoms with van der Waals surface area (Å²) in [5.74, 6) is 0.565. The molecule has 0 aromatic carbocycles. The highest BCUT2D eigenvalue weighted by Crippen LogP contribution is 1.86. The number of aryl methyl sites for hydroxylation is 1. The van der Waals surface area contributed by atoms with E-state index in [1.165, 1.54) is 6.20 Å². The van der Waals surface area contributed by atoms with Gasteiger partial charge in [0.25, 0.3) is 5.56 Å². The van der Waals surface area contributed by atoms with Gasteiger partial charge in [-0.2, -0.15) is 0 Å². The molecule has 0 bridgehead atoms. The number of aromatic amines is 1. The van der Waals surface area contributed by atoms with E-state index in [9.17, 15) is 9.59 Å². The quantitative estimate of drug-likeness (QED) is 0.586. The Morgan fingerprint density at radius 3 is 3.08 bits per heavy atom. The molecule has 0 aliphatic carbocycles. The lowest BCUT2D eigenvalue weighted by Crippen LogP contribution is -2.21. The van der Waals surface area contributed by atoms with Crippen LogP contribution in [0.2, 0.25) is 0 Å². The highest BCUT2D eigenvalue weighted by Gasteiger charge is 1.98. The lowest BCUT2D eigenvalue weighted by Gasteiger charge is -1.97. The van der Waals surface area contributed by atoms with Crippen molar-refractivity contribution in [3.05, 3.63) is 27.9 Å². The second kappa shape index (κ2) is 3.66. The minimum absolute atomic E-state index is 0.211. The number of aromatic nitrogens is 2. The van der Waals surface area contributed by atoms with Crippen molar-refractivity contribution >= 4 is 6.41 Å². The Morgan fingerprint density at radius 1 is 1.75 bits per heavy atom. The van der Waals surface area contributed by atoms with Crippen molar-refractivity contribution in [3.8, 4) is 0 Å². The Morgan fingerprint density at radius 2 is 2.50 bits per heavy atom. The van der Waals surface area contributed by atoms with Crippen molar-refractivity contribution in [2.45, 2.75) is 13.5 Å². The van der Waals surface area contributed by atoms with Gasteiger partial charge in [-0.3, -0.25) is 9.59 Å². The molecule has 0 fully saturated rings. The van der Waals surface area contributed by atoms with Gasteiger partial charge in [0.15, 0.2) is 0 Å². The Labute approximate surface area is 68.8 Å². The molecule has 0 saturated carbocycles. The maximum Gasteiger partial charge on any atom is 0.255 e. The minimum atomic E-state index is -0.211. The number of amides is 1. The Kier molecular flexibility index (Phi) is 2.57. The second-order valence-electron chi connectivity index (χ2n) is 2.32. The summed E-state index contributed by atoms with van der Waals surface area (Å²) in [5, 5.41) is 2.38. The molecule has 5 heteroatoms. The summed E-state index contributed by atoms with van der Waals surface area (Å²) >= 11 is 0. The topological polar surface area (TPSA) is 74.8 Å². The first-order valence-electron chi connectivity index (χ1n) is 3.46. The number of rotatable bonds is 3. The summed E-state index contributed by atoms with van der Waals surface area (Å²) in [7, 11) is 0. The molecule has 64 valence electrons. The van der Waals surface area contributed by atoms with Crippen LogP contribution in [0.15, 0.2) is 11.0 Å². The molecule has 1 rings (SSSR count). The number of carbonyl (C=O) groups excluding carboxylic acids is 1. The molecule has 0 aliphatic rings. The SMILES string of the molecule is Cc1ncc(CNC=O)c(=O)[nH]1. The first-order valence-corrected chi connectivity index (χ1v) is 3.46. The molecule has 0 saturated heterocycles. The Bertz CT molecular complexity index is 332. The second-order valence-corrected chi connectivity index (χ2v) is 2.32. The third kappa shape index (κ3) is 1.91. The third-order valence-corrected chi connectivity index (χ3v) is 1.38. The molecule has 0 spiro atoms. The fraction of sp³-hybridized carbons (Fsp3) is 0.286. The van der Waals surface area contributed by atoms with E-state index in [2.05, 4.69) is 15.3 Å². The highest BCUT2D eigenvalue weighted by atomic mass is 16.1. The van der Waals surface area contributed by atoms with Gasteiger partial charge < -0.3 is 10.3 Å². The van der Waals surface area contributed by atoms with Gasteiger partial charge in [0.1, 0.15) is 5.82 Å². The van der Waals surface area contributed by atoms with Gasteiger partial charge in [-0.25, -0.2) is 4.98 Å². The zero-order valence-electron chi connectivity index (χ0n) is 6.63. The lowest BCUT2D eigenvalue weighted by molar-refractivity contribution is -0.109. The molecule has 0 unspecified atom stereocenters. The molecular weight excluding hydrogens is 158 g/mol. The molecule has 0 radical (unpaired) electrons. The van der Waals surface area contributed by atoms with Crippen LogP contribution in [0.4, 0.5) is 0 Å². The average Bonchev–Trinajstić information content (AvgIpc) is 2.03. The van der Waals surface area contributed by atoms with Crippen molar-refractivity contribution in [2.75, 3.05) is 0 Å². The van der Waals surface area contributed by atoms with E-state index in [1.807, 2.05) is 0 Å². The zero-order chi connectivity index (χ0) is 8.97. The van der Waals surface area contributed by atoms with Gasteiger partial charge >= 0.3 is 0 Å². The maximum absolute atomic E-state index is 11.1. The van der Waals surface area contributed by atoms with Crippen LogP contribution in [0.3, 0.4) is 0 Å². The molecule has 2 N–H and O–H groups in total. The van der Waals surface area contributed by atoms with E-state index >= 15 is 0 Å². The van der Waals surface area contributed by atoms with Crippen LogP contribution in [0, 0.1) is 6.92 Å². The number of hydrogen-bond acceptors (Lipinski definition) is 3. The summed E-state index contributed by atoms with van der Waals surface area (Å²) in [6.07, 6.45) is 1.99. The van der Waals surface area contributed by atoms with E-state index in [-0.39, 0.29) is 12.1 Å². The van der Waals surface area contributed by atoms with E-state index < -0.39 is 0 Å². The Hall–Kier alpha value is -1.65. The summed E-state index contributed by atoms with van der Waals surface area (Å²) in [4.78, 5) is 27.4. The van der Waals surface area contributed by atoms with Gasteiger partial charge in [0.2, 0.25) is 6.41 Å². The molecule has 1 amide bonds. The summed E-state index contributed by atoms with van der Waals surface area (Å²) < 4.78 is 0. The fourth-order valence-corrected chi connectivity index (χ4v) is 0.788.